The Hall–Kier alpha value is -0.160. The van der Waals surface area contributed by atoms with E-state index in [1.807, 2.05) is 0 Å². The Morgan fingerprint density at radius 3 is 3.15 bits per heavy atom. The van der Waals surface area contributed by atoms with Crippen LogP contribution in [0.1, 0.15) is 6.42 Å². The summed E-state index contributed by atoms with van der Waals surface area (Å²) in [6.45, 7) is 5.05. The van der Waals surface area contributed by atoms with Gasteiger partial charge in [0.25, 0.3) is 0 Å². The zero-order valence-electron chi connectivity index (χ0n) is 7.91. The summed E-state index contributed by atoms with van der Waals surface area (Å²) in [5, 5.41) is 12.3. The molecule has 2 heterocycles. The van der Waals surface area contributed by atoms with E-state index in [4.69, 9.17) is 9.84 Å². The summed E-state index contributed by atoms with van der Waals surface area (Å²) in [4.78, 5) is 2.43. The molecule has 0 radical (unpaired) electrons. The van der Waals surface area contributed by atoms with E-state index in [0.717, 1.165) is 32.8 Å². The average molecular weight is 186 g/mol. The lowest BCUT2D eigenvalue weighted by atomic mass is 10.2. The zero-order valence-corrected chi connectivity index (χ0v) is 7.91. The summed E-state index contributed by atoms with van der Waals surface area (Å²) in [5.74, 6) is 0. The van der Waals surface area contributed by atoms with E-state index in [2.05, 4.69) is 10.2 Å². The molecule has 2 saturated heterocycles. The molecular weight excluding hydrogens is 168 g/mol. The molecule has 0 saturated carbocycles. The minimum absolute atomic E-state index is 0.0364. The Morgan fingerprint density at radius 2 is 2.46 bits per heavy atom. The lowest BCUT2D eigenvalue weighted by molar-refractivity contribution is -0.0625. The van der Waals surface area contributed by atoms with Crippen molar-refractivity contribution in [1.82, 2.24) is 10.2 Å². The lowest BCUT2D eigenvalue weighted by Crippen LogP contribution is -2.49. The highest BCUT2D eigenvalue weighted by molar-refractivity contribution is 4.83. The van der Waals surface area contributed by atoms with Crippen LogP contribution in [0.4, 0.5) is 0 Å². The number of morpholine rings is 1. The van der Waals surface area contributed by atoms with Crippen LogP contribution < -0.4 is 5.32 Å². The molecule has 0 amide bonds. The van der Waals surface area contributed by atoms with E-state index < -0.39 is 0 Å². The second-order valence-corrected chi connectivity index (χ2v) is 3.82. The van der Waals surface area contributed by atoms with Crippen LogP contribution in [-0.4, -0.2) is 61.5 Å². The molecule has 4 heteroatoms. The summed E-state index contributed by atoms with van der Waals surface area (Å²) in [6.07, 6.45) is 1.27. The number of nitrogens with one attached hydrogen (secondary N) is 1. The molecule has 0 aliphatic carbocycles. The standard InChI is InChI=1S/C9H18N2O2/c12-7-9-6-11(3-4-13-9)8-1-2-10-5-8/h8-10,12H,1-7H2/t8-,9+/m0/s1. The predicted molar refractivity (Wildman–Crippen MR) is 49.7 cm³/mol. The highest BCUT2D eigenvalue weighted by atomic mass is 16.5. The summed E-state index contributed by atoms with van der Waals surface area (Å²) in [7, 11) is 0. The molecule has 2 N–H and O–H groups in total. The first kappa shape index (κ1) is 9.40. The van der Waals surface area contributed by atoms with Crippen molar-refractivity contribution in [2.45, 2.75) is 18.6 Å². The van der Waals surface area contributed by atoms with Crippen LogP contribution in [0.25, 0.3) is 0 Å². The largest absolute Gasteiger partial charge is 0.394 e. The van der Waals surface area contributed by atoms with Gasteiger partial charge in [-0.05, 0) is 13.0 Å². The van der Waals surface area contributed by atoms with Crippen molar-refractivity contribution < 1.29 is 9.84 Å². The van der Waals surface area contributed by atoms with Crippen molar-refractivity contribution in [3.8, 4) is 0 Å². The molecule has 2 rings (SSSR count). The van der Waals surface area contributed by atoms with E-state index in [1.54, 1.807) is 0 Å². The molecule has 13 heavy (non-hydrogen) atoms. The molecule has 2 aliphatic rings. The minimum atomic E-state index is 0.0364. The van der Waals surface area contributed by atoms with Crippen molar-refractivity contribution in [1.29, 1.82) is 0 Å². The van der Waals surface area contributed by atoms with Crippen molar-refractivity contribution in [3.05, 3.63) is 0 Å². The van der Waals surface area contributed by atoms with Crippen molar-refractivity contribution in [3.63, 3.8) is 0 Å². The molecule has 0 aromatic carbocycles. The van der Waals surface area contributed by atoms with Crippen molar-refractivity contribution >= 4 is 0 Å². The van der Waals surface area contributed by atoms with Gasteiger partial charge >= 0.3 is 0 Å². The first-order valence-corrected chi connectivity index (χ1v) is 5.07. The minimum Gasteiger partial charge on any atom is -0.394 e. The first-order chi connectivity index (χ1) is 6.40. The molecule has 2 fully saturated rings. The first-order valence-electron chi connectivity index (χ1n) is 5.07. The quantitative estimate of drug-likeness (QED) is 0.583. The van der Waals surface area contributed by atoms with Crippen LogP contribution in [0.2, 0.25) is 0 Å². The van der Waals surface area contributed by atoms with Gasteiger partial charge in [0.1, 0.15) is 0 Å². The average Bonchev–Trinajstić information content (AvgIpc) is 2.71. The number of aliphatic hydroxyl groups is 1. The number of hydrogen-bond acceptors (Lipinski definition) is 4. The van der Waals surface area contributed by atoms with Gasteiger partial charge in [0.05, 0.1) is 19.3 Å². The van der Waals surface area contributed by atoms with Crippen LogP contribution in [0.3, 0.4) is 0 Å². The SMILES string of the molecule is OC[C@H]1CN([C@H]2CCNC2)CCO1. The predicted octanol–water partition coefficient (Wildman–Crippen LogP) is -0.959. The highest BCUT2D eigenvalue weighted by Crippen LogP contribution is 2.13. The van der Waals surface area contributed by atoms with Gasteiger partial charge in [0.2, 0.25) is 0 Å². The number of ether oxygens (including phenoxy) is 1. The van der Waals surface area contributed by atoms with Crippen LogP contribution in [0.5, 0.6) is 0 Å². The van der Waals surface area contributed by atoms with E-state index in [0.29, 0.717) is 6.04 Å². The van der Waals surface area contributed by atoms with E-state index in [-0.39, 0.29) is 12.7 Å². The molecule has 0 bridgehead atoms. The molecule has 0 unspecified atom stereocenters. The summed E-state index contributed by atoms with van der Waals surface area (Å²) < 4.78 is 5.40. The maximum atomic E-state index is 8.98. The molecule has 2 aliphatic heterocycles. The maximum absolute atomic E-state index is 8.98. The second kappa shape index (κ2) is 4.37. The topological polar surface area (TPSA) is 44.7 Å². The summed E-state index contributed by atoms with van der Waals surface area (Å²) in [5.41, 5.74) is 0. The number of nitrogens with zero attached hydrogens (tertiary/aromatic N) is 1. The lowest BCUT2D eigenvalue weighted by Gasteiger charge is -2.35. The Balaban J connectivity index is 1.84. The number of rotatable bonds is 2. The van der Waals surface area contributed by atoms with Gasteiger partial charge < -0.3 is 15.2 Å². The third-order valence-electron chi connectivity index (χ3n) is 2.92. The molecule has 76 valence electrons. The Morgan fingerprint density at radius 1 is 1.54 bits per heavy atom. The molecular formula is C9H18N2O2. The summed E-state index contributed by atoms with van der Waals surface area (Å²) >= 11 is 0. The Labute approximate surface area is 78.9 Å². The second-order valence-electron chi connectivity index (χ2n) is 3.82. The molecule has 0 aromatic heterocycles. The number of aliphatic hydroxyl groups excluding tert-OH is 1. The molecule has 4 nitrogen and oxygen atoms in total. The normalized spacial score (nSPS) is 36.7. The van der Waals surface area contributed by atoms with Crippen molar-refractivity contribution in [2.75, 3.05) is 39.4 Å². The fourth-order valence-corrected chi connectivity index (χ4v) is 2.14. The van der Waals surface area contributed by atoms with Gasteiger partial charge in [-0.1, -0.05) is 0 Å². The fraction of sp³-hybridized carbons (Fsp3) is 1.00. The molecule has 0 spiro atoms. The van der Waals surface area contributed by atoms with Gasteiger partial charge in [0.15, 0.2) is 0 Å². The molecule has 0 aromatic rings. The summed E-state index contributed by atoms with van der Waals surface area (Å²) in [6, 6.07) is 0.665. The monoisotopic (exact) mass is 186 g/mol. The fourth-order valence-electron chi connectivity index (χ4n) is 2.14. The van der Waals surface area contributed by atoms with Crippen molar-refractivity contribution in [2.24, 2.45) is 0 Å². The third-order valence-corrected chi connectivity index (χ3v) is 2.92. The smallest absolute Gasteiger partial charge is 0.0932 e. The van der Waals surface area contributed by atoms with Gasteiger partial charge in [0, 0.05) is 25.7 Å². The zero-order chi connectivity index (χ0) is 9.10. The van der Waals surface area contributed by atoms with E-state index >= 15 is 0 Å². The van der Waals surface area contributed by atoms with Gasteiger partial charge in [-0.3, -0.25) is 4.90 Å². The van der Waals surface area contributed by atoms with E-state index in [1.165, 1.54) is 6.42 Å². The van der Waals surface area contributed by atoms with Gasteiger partial charge in [-0.2, -0.15) is 0 Å². The van der Waals surface area contributed by atoms with E-state index in [9.17, 15) is 0 Å². The van der Waals surface area contributed by atoms with Crippen LogP contribution in [0, 0.1) is 0 Å². The maximum Gasteiger partial charge on any atom is 0.0932 e. The third kappa shape index (κ3) is 2.20. The number of hydrogen-bond donors (Lipinski definition) is 2. The Kier molecular flexibility index (Phi) is 3.16. The van der Waals surface area contributed by atoms with Crippen LogP contribution >= 0.6 is 0 Å². The Bertz CT molecular complexity index is 160. The van der Waals surface area contributed by atoms with Crippen LogP contribution in [-0.2, 0) is 4.74 Å². The molecule has 2 atom stereocenters. The van der Waals surface area contributed by atoms with Crippen LogP contribution in [0.15, 0.2) is 0 Å². The van der Waals surface area contributed by atoms with Gasteiger partial charge in [-0.15, -0.1) is 0 Å². The highest BCUT2D eigenvalue weighted by Gasteiger charge is 2.27. The van der Waals surface area contributed by atoms with Gasteiger partial charge in [-0.25, -0.2) is 0 Å².